The van der Waals surface area contributed by atoms with Gasteiger partial charge in [0, 0.05) is 5.69 Å². The monoisotopic (exact) mass is 338 g/mol. The van der Waals surface area contributed by atoms with E-state index < -0.39 is 0 Å². The summed E-state index contributed by atoms with van der Waals surface area (Å²) in [7, 11) is 0. The predicted molar refractivity (Wildman–Crippen MR) is 81.1 cm³/mol. The first-order chi connectivity index (χ1) is 9.31. The fourth-order valence-electron chi connectivity index (χ4n) is 2.38. The number of rotatable bonds is 3. The third-order valence-corrected chi connectivity index (χ3v) is 4.52. The van der Waals surface area contributed by atoms with E-state index in [2.05, 4.69) is 26.1 Å². The Morgan fingerprint density at radius 3 is 2.40 bits per heavy atom. The molecular weight excluding hydrogens is 320 g/mol. The standard InChI is InChI=1S/C14H19BrN4O/c1-8-6-9(2)19(16-8)13(20)7-10(3)18-12(5)14(15)11(4)17-18/h6,10H,7H2,1-5H3. The molecule has 0 aliphatic rings. The van der Waals surface area contributed by atoms with E-state index in [0.29, 0.717) is 6.42 Å². The summed E-state index contributed by atoms with van der Waals surface area (Å²) in [5.41, 5.74) is 3.70. The van der Waals surface area contributed by atoms with Gasteiger partial charge in [0.25, 0.3) is 0 Å². The maximum Gasteiger partial charge on any atom is 0.249 e. The quantitative estimate of drug-likeness (QED) is 0.862. The van der Waals surface area contributed by atoms with Gasteiger partial charge in [-0.15, -0.1) is 0 Å². The smallest absolute Gasteiger partial charge is 0.249 e. The van der Waals surface area contributed by atoms with E-state index >= 15 is 0 Å². The summed E-state index contributed by atoms with van der Waals surface area (Å²) in [6, 6.07) is 1.90. The summed E-state index contributed by atoms with van der Waals surface area (Å²) >= 11 is 3.51. The second-order valence-corrected chi connectivity index (χ2v) is 6.01. The molecule has 1 atom stereocenters. The van der Waals surface area contributed by atoms with Gasteiger partial charge in [-0.2, -0.15) is 10.2 Å². The first kappa shape index (κ1) is 15.0. The van der Waals surface area contributed by atoms with Crippen molar-refractivity contribution in [3.05, 3.63) is 33.3 Å². The van der Waals surface area contributed by atoms with Crippen LogP contribution in [0.4, 0.5) is 0 Å². The first-order valence-corrected chi connectivity index (χ1v) is 7.38. The Kier molecular flexibility index (Phi) is 4.13. The molecule has 2 rings (SSSR count). The van der Waals surface area contributed by atoms with Crippen molar-refractivity contribution < 1.29 is 4.79 Å². The molecule has 1 unspecified atom stereocenters. The van der Waals surface area contributed by atoms with E-state index in [1.54, 1.807) is 0 Å². The molecule has 20 heavy (non-hydrogen) atoms. The van der Waals surface area contributed by atoms with Crippen molar-refractivity contribution >= 4 is 21.8 Å². The van der Waals surface area contributed by atoms with Gasteiger partial charge in [0.05, 0.1) is 34.0 Å². The van der Waals surface area contributed by atoms with Gasteiger partial charge in [0.15, 0.2) is 0 Å². The topological polar surface area (TPSA) is 52.7 Å². The van der Waals surface area contributed by atoms with Crippen LogP contribution in [0, 0.1) is 27.7 Å². The number of carbonyl (C=O) groups is 1. The number of aromatic nitrogens is 4. The van der Waals surface area contributed by atoms with E-state index in [1.165, 1.54) is 4.68 Å². The summed E-state index contributed by atoms with van der Waals surface area (Å²) in [5.74, 6) is -0.00762. The molecule has 0 fully saturated rings. The van der Waals surface area contributed by atoms with Gasteiger partial charge in [-0.25, -0.2) is 4.68 Å². The van der Waals surface area contributed by atoms with Crippen molar-refractivity contribution in [2.24, 2.45) is 0 Å². The van der Waals surface area contributed by atoms with Gasteiger partial charge in [0.2, 0.25) is 5.91 Å². The third kappa shape index (κ3) is 2.70. The van der Waals surface area contributed by atoms with Crippen LogP contribution in [0.5, 0.6) is 0 Å². The van der Waals surface area contributed by atoms with Crippen molar-refractivity contribution in [1.82, 2.24) is 19.6 Å². The molecule has 5 nitrogen and oxygen atoms in total. The minimum absolute atomic E-state index is 0.00333. The van der Waals surface area contributed by atoms with Crippen LogP contribution < -0.4 is 0 Å². The zero-order chi connectivity index (χ0) is 15.0. The zero-order valence-corrected chi connectivity index (χ0v) is 14.0. The van der Waals surface area contributed by atoms with Gasteiger partial charge < -0.3 is 0 Å². The highest BCUT2D eigenvalue weighted by molar-refractivity contribution is 9.10. The average molecular weight is 339 g/mol. The fourth-order valence-corrected chi connectivity index (χ4v) is 2.64. The van der Waals surface area contributed by atoms with Crippen LogP contribution in [0.1, 0.15) is 47.0 Å². The molecule has 6 heteroatoms. The molecule has 0 N–H and O–H groups in total. The molecule has 2 aromatic heterocycles. The van der Waals surface area contributed by atoms with E-state index in [9.17, 15) is 4.79 Å². The maximum absolute atomic E-state index is 12.3. The second-order valence-electron chi connectivity index (χ2n) is 5.22. The van der Waals surface area contributed by atoms with Crippen LogP contribution in [-0.2, 0) is 0 Å². The van der Waals surface area contributed by atoms with Crippen LogP contribution in [0.2, 0.25) is 0 Å². The normalized spacial score (nSPS) is 12.7. The van der Waals surface area contributed by atoms with E-state index in [0.717, 1.165) is 27.2 Å². The minimum Gasteiger partial charge on any atom is -0.272 e. The molecule has 0 aliphatic carbocycles. The lowest BCUT2D eigenvalue weighted by Crippen LogP contribution is -2.20. The maximum atomic E-state index is 12.3. The van der Waals surface area contributed by atoms with Crippen LogP contribution in [0.25, 0.3) is 0 Å². The van der Waals surface area contributed by atoms with Crippen molar-refractivity contribution in [2.75, 3.05) is 0 Å². The Hall–Kier alpha value is -1.43. The Morgan fingerprint density at radius 1 is 1.30 bits per heavy atom. The van der Waals surface area contributed by atoms with Gasteiger partial charge in [-0.05, 0) is 56.6 Å². The van der Waals surface area contributed by atoms with Gasteiger partial charge in [-0.1, -0.05) is 0 Å². The van der Waals surface area contributed by atoms with Crippen LogP contribution in [0.15, 0.2) is 10.5 Å². The molecule has 2 heterocycles. The molecule has 0 radical (unpaired) electrons. The highest BCUT2D eigenvalue weighted by Gasteiger charge is 2.19. The predicted octanol–water partition coefficient (Wildman–Crippen LogP) is 3.37. The molecule has 0 saturated heterocycles. The van der Waals surface area contributed by atoms with Crippen LogP contribution in [-0.4, -0.2) is 25.5 Å². The Bertz CT molecular complexity index is 656. The van der Waals surface area contributed by atoms with Gasteiger partial charge in [-0.3, -0.25) is 9.48 Å². The summed E-state index contributed by atoms with van der Waals surface area (Å²) < 4.78 is 4.37. The SMILES string of the molecule is Cc1cc(C)n(C(=O)CC(C)n2nc(C)c(Br)c2C)n1. The zero-order valence-electron chi connectivity index (χ0n) is 12.4. The van der Waals surface area contributed by atoms with Crippen molar-refractivity contribution in [3.8, 4) is 0 Å². The molecule has 2 aromatic rings. The van der Waals surface area contributed by atoms with E-state index in [-0.39, 0.29) is 11.9 Å². The van der Waals surface area contributed by atoms with Crippen LogP contribution >= 0.6 is 15.9 Å². The largest absolute Gasteiger partial charge is 0.272 e. The summed E-state index contributed by atoms with van der Waals surface area (Å²) in [6.07, 6.45) is 0.371. The van der Waals surface area contributed by atoms with Crippen LogP contribution in [0.3, 0.4) is 0 Å². The fraction of sp³-hybridized carbons (Fsp3) is 0.500. The molecule has 0 aliphatic heterocycles. The van der Waals surface area contributed by atoms with Crippen molar-refractivity contribution in [2.45, 2.75) is 47.1 Å². The van der Waals surface area contributed by atoms with Gasteiger partial charge in [0.1, 0.15) is 0 Å². The number of halogens is 1. The molecule has 0 bridgehead atoms. The highest BCUT2D eigenvalue weighted by atomic mass is 79.9. The molecule has 108 valence electrons. The number of carbonyl (C=O) groups excluding carboxylic acids is 1. The first-order valence-electron chi connectivity index (χ1n) is 6.59. The molecule has 0 spiro atoms. The summed E-state index contributed by atoms with van der Waals surface area (Å²) in [5, 5.41) is 8.70. The highest BCUT2D eigenvalue weighted by Crippen LogP contribution is 2.24. The lowest BCUT2D eigenvalue weighted by Gasteiger charge is -2.14. The summed E-state index contributed by atoms with van der Waals surface area (Å²) in [6.45, 7) is 9.72. The van der Waals surface area contributed by atoms with E-state index in [4.69, 9.17) is 0 Å². The molecule has 0 aromatic carbocycles. The lowest BCUT2D eigenvalue weighted by atomic mass is 10.2. The van der Waals surface area contributed by atoms with E-state index in [1.807, 2.05) is 45.4 Å². The van der Waals surface area contributed by atoms with Gasteiger partial charge >= 0.3 is 0 Å². The Labute approximate surface area is 127 Å². The number of hydrogen-bond acceptors (Lipinski definition) is 3. The van der Waals surface area contributed by atoms with Crippen molar-refractivity contribution in [1.29, 1.82) is 0 Å². The number of hydrogen-bond donors (Lipinski definition) is 0. The number of nitrogens with zero attached hydrogens (tertiary/aromatic N) is 4. The average Bonchev–Trinajstić information content (AvgIpc) is 2.83. The number of aryl methyl sites for hydroxylation is 3. The Balaban J connectivity index is 2.19. The molecule has 0 saturated carbocycles. The Morgan fingerprint density at radius 2 is 1.95 bits per heavy atom. The van der Waals surface area contributed by atoms with Crippen molar-refractivity contribution in [3.63, 3.8) is 0 Å². The summed E-state index contributed by atoms with van der Waals surface area (Å²) in [4.78, 5) is 12.3. The third-order valence-electron chi connectivity index (χ3n) is 3.37. The minimum atomic E-state index is -0.00762. The second kappa shape index (κ2) is 5.52. The molecule has 0 amide bonds. The lowest BCUT2D eigenvalue weighted by molar-refractivity contribution is 0.0863. The molecular formula is C14H19BrN4O.